The minimum Gasteiger partial charge on any atom is -0.392 e. The number of rotatable bonds is 4. The summed E-state index contributed by atoms with van der Waals surface area (Å²) in [5.41, 5.74) is 1.25. The molecule has 2 rings (SSSR count). The first-order chi connectivity index (χ1) is 7.75. The lowest BCUT2D eigenvalue weighted by Crippen LogP contribution is -2.42. The number of nitrogens with one attached hydrogen (secondary N) is 1. The largest absolute Gasteiger partial charge is 0.392 e. The van der Waals surface area contributed by atoms with Crippen LogP contribution in [0.3, 0.4) is 0 Å². The fourth-order valence-electron chi connectivity index (χ4n) is 2.35. The molecule has 1 fully saturated rings. The van der Waals surface area contributed by atoms with E-state index in [1.54, 1.807) is 0 Å². The summed E-state index contributed by atoms with van der Waals surface area (Å²) < 4.78 is 1.82. The number of aliphatic hydroxyl groups excluding tert-OH is 1. The van der Waals surface area contributed by atoms with Gasteiger partial charge in [-0.3, -0.25) is 4.68 Å². The highest BCUT2D eigenvalue weighted by molar-refractivity contribution is 5.04. The Hall–Kier alpha value is -0.870. The first-order valence-electron chi connectivity index (χ1n) is 6.14. The average Bonchev–Trinajstić information content (AvgIpc) is 2.67. The van der Waals surface area contributed by atoms with Gasteiger partial charge in [-0.15, -0.1) is 0 Å². The van der Waals surface area contributed by atoms with Gasteiger partial charge in [0.25, 0.3) is 0 Å². The van der Waals surface area contributed by atoms with Crippen LogP contribution in [0, 0.1) is 0 Å². The van der Waals surface area contributed by atoms with Crippen LogP contribution in [0.2, 0.25) is 0 Å². The molecule has 16 heavy (non-hydrogen) atoms. The molecule has 1 aliphatic rings. The van der Waals surface area contributed by atoms with Gasteiger partial charge in [0, 0.05) is 19.3 Å². The highest BCUT2D eigenvalue weighted by Gasteiger charge is 2.21. The molecule has 4 nitrogen and oxygen atoms in total. The van der Waals surface area contributed by atoms with E-state index in [0.29, 0.717) is 6.04 Å². The Balaban J connectivity index is 1.71. The molecule has 1 heterocycles. The lowest BCUT2D eigenvalue weighted by atomic mass is 9.92. The summed E-state index contributed by atoms with van der Waals surface area (Å²) in [7, 11) is 1.93. The lowest BCUT2D eigenvalue weighted by molar-refractivity contribution is 0.0914. The summed E-state index contributed by atoms with van der Waals surface area (Å²) >= 11 is 0. The summed E-state index contributed by atoms with van der Waals surface area (Å²) in [6.45, 7) is 0.924. The van der Waals surface area contributed by atoms with Crippen LogP contribution in [0.1, 0.15) is 31.2 Å². The second-order valence-corrected chi connectivity index (χ2v) is 4.68. The van der Waals surface area contributed by atoms with Crippen LogP contribution in [0.5, 0.6) is 0 Å². The Kier molecular flexibility index (Phi) is 3.96. The summed E-state index contributed by atoms with van der Waals surface area (Å²) in [6, 6.07) is 0.297. The molecule has 4 heteroatoms. The average molecular weight is 223 g/mol. The Morgan fingerprint density at radius 1 is 1.50 bits per heavy atom. The number of aryl methyl sites for hydroxylation is 1. The maximum atomic E-state index is 9.79. The third-order valence-electron chi connectivity index (χ3n) is 3.31. The van der Waals surface area contributed by atoms with Crippen LogP contribution in [-0.4, -0.2) is 33.6 Å². The van der Waals surface area contributed by atoms with Crippen molar-refractivity contribution in [3.8, 4) is 0 Å². The number of aliphatic hydroxyl groups is 1. The fourth-order valence-corrected chi connectivity index (χ4v) is 2.35. The quantitative estimate of drug-likeness (QED) is 0.796. The van der Waals surface area contributed by atoms with Gasteiger partial charge in [0.1, 0.15) is 0 Å². The maximum Gasteiger partial charge on any atom is 0.0693 e. The van der Waals surface area contributed by atoms with Gasteiger partial charge in [-0.05, 0) is 31.4 Å². The van der Waals surface area contributed by atoms with Gasteiger partial charge in [0.15, 0.2) is 0 Å². The monoisotopic (exact) mass is 223 g/mol. The van der Waals surface area contributed by atoms with Gasteiger partial charge in [0.05, 0.1) is 12.3 Å². The van der Waals surface area contributed by atoms with Crippen LogP contribution < -0.4 is 5.32 Å². The van der Waals surface area contributed by atoms with Crippen molar-refractivity contribution in [2.75, 3.05) is 6.54 Å². The van der Waals surface area contributed by atoms with Gasteiger partial charge in [-0.25, -0.2) is 0 Å². The molecule has 0 amide bonds. The normalized spacial score (nSPS) is 25.9. The molecule has 1 aliphatic carbocycles. The van der Waals surface area contributed by atoms with E-state index < -0.39 is 0 Å². The second kappa shape index (κ2) is 5.46. The predicted molar refractivity (Wildman–Crippen MR) is 63.2 cm³/mol. The van der Waals surface area contributed by atoms with Crippen molar-refractivity contribution in [2.24, 2.45) is 7.05 Å². The van der Waals surface area contributed by atoms with E-state index in [9.17, 15) is 5.11 Å². The minimum absolute atomic E-state index is 0.150. The van der Waals surface area contributed by atoms with Crippen LogP contribution in [-0.2, 0) is 13.5 Å². The molecule has 90 valence electrons. The van der Waals surface area contributed by atoms with Gasteiger partial charge in [0.2, 0.25) is 0 Å². The van der Waals surface area contributed by atoms with Crippen LogP contribution in [0.15, 0.2) is 12.4 Å². The zero-order valence-corrected chi connectivity index (χ0v) is 9.89. The van der Waals surface area contributed by atoms with E-state index in [0.717, 1.165) is 25.8 Å². The smallest absolute Gasteiger partial charge is 0.0693 e. The number of hydrogen-bond acceptors (Lipinski definition) is 3. The molecule has 0 spiro atoms. The zero-order valence-electron chi connectivity index (χ0n) is 9.89. The molecule has 0 saturated heterocycles. The van der Waals surface area contributed by atoms with E-state index in [2.05, 4.69) is 10.4 Å². The SMILES string of the molecule is Cn1cc(CCN[C@@H]2CCCC[C@H]2O)cn1. The Morgan fingerprint density at radius 3 is 3.00 bits per heavy atom. The number of nitrogens with zero attached hydrogens (tertiary/aromatic N) is 2. The van der Waals surface area contributed by atoms with E-state index in [1.165, 1.54) is 18.4 Å². The molecule has 1 saturated carbocycles. The summed E-state index contributed by atoms with van der Waals surface area (Å²) in [5.74, 6) is 0. The van der Waals surface area contributed by atoms with Crippen molar-refractivity contribution in [1.82, 2.24) is 15.1 Å². The van der Waals surface area contributed by atoms with E-state index in [1.807, 2.05) is 24.1 Å². The summed E-state index contributed by atoms with van der Waals surface area (Å²) in [4.78, 5) is 0. The molecule has 2 N–H and O–H groups in total. The van der Waals surface area contributed by atoms with E-state index >= 15 is 0 Å². The maximum absolute atomic E-state index is 9.79. The molecule has 0 bridgehead atoms. The number of aromatic nitrogens is 2. The predicted octanol–water partition coefficient (Wildman–Crippen LogP) is 0.856. The van der Waals surface area contributed by atoms with Gasteiger partial charge in [-0.2, -0.15) is 5.10 Å². The van der Waals surface area contributed by atoms with Crippen molar-refractivity contribution >= 4 is 0 Å². The van der Waals surface area contributed by atoms with Crippen LogP contribution in [0.25, 0.3) is 0 Å². The van der Waals surface area contributed by atoms with Crippen LogP contribution >= 0.6 is 0 Å². The second-order valence-electron chi connectivity index (χ2n) is 4.68. The molecular weight excluding hydrogens is 202 g/mol. The molecular formula is C12H21N3O. The van der Waals surface area contributed by atoms with Crippen molar-refractivity contribution in [3.05, 3.63) is 18.0 Å². The molecule has 0 aliphatic heterocycles. The van der Waals surface area contributed by atoms with Gasteiger partial charge >= 0.3 is 0 Å². The molecule has 1 aromatic heterocycles. The number of hydrogen-bond donors (Lipinski definition) is 2. The van der Waals surface area contributed by atoms with E-state index in [4.69, 9.17) is 0 Å². The minimum atomic E-state index is -0.150. The van der Waals surface area contributed by atoms with Crippen molar-refractivity contribution < 1.29 is 5.11 Å². The first kappa shape index (κ1) is 11.6. The zero-order chi connectivity index (χ0) is 11.4. The first-order valence-corrected chi connectivity index (χ1v) is 6.14. The molecule has 0 aromatic carbocycles. The standard InChI is InChI=1S/C12H21N3O/c1-15-9-10(8-14-15)6-7-13-11-4-2-3-5-12(11)16/h8-9,11-13,16H,2-7H2,1H3/t11-,12-/m1/s1. The third kappa shape index (κ3) is 3.06. The third-order valence-corrected chi connectivity index (χ3v) is 3.31. The van der Waals surface area contributed by atoms with Gasteiger partial charge < -0.3 is 10.4 Å². The lowest BCUT2D eigenvalue weighted by Gasteiger charge is -2.28. The van der Waals surface area contributed by atoms with Crippen molar-refractivity contribution in [3.63, 3.8) is 0 Å². The van der Waals surface area contributed by atoms with Crippen molar-refractivity contribution in [1.29, 1.82) is 0 Å². The fraction of sp³-hybridized carbons (Fsp3) is 0.750. The van der Waals surface area contributed by atoms with Crippen LogP contribution in [0.4, 0.5) is 0 Å². The topological polar surface area (TPSA) is 50.1 Å². The highest BCUT2D eigenvalue weighted by Crippen LogP contribution is 2.18. The summed E-state index contributed by atoms with van der Waals surface area (Å²) in [5, 5.41) is 17.4. The van der Waals surface area contributed by atoms with Gasteiger partial charge in [-0.1, -0.05) is 12.8 Å². The molecule has 1 aromatic rings. The van der Waals surface area contributed by atoms with E-state index in [-0.39, 0.29) is 6.10 Å². The Labute approximate surface area is 96.7 Å². The summed E-state index contributed by atoms with van der Waals surface area (Å²) in [6.07, 6.45) is 9.24. The molecule has 2 atom stereocenters. The Morgan fingerprint density at radius 2 is 2.31 bits per heavy atom. The van der Waals surface area contributed by atoms with Crippen molar-refractivity contribution in [2.45, 2.75) is 44.2 Å². The molecule has 0 radical (unpaired) electrons. The molecule has 0 unspecified atom stereocenters. The highest BCUT2D eigenvalue weighted by atomic mass is 16.3. The Bertz CT molecular complexity index is 324.